The van der Waals surface area contributed by atoms with Gasteiger partial charge in [-0.05, 0) is 57.5 Å². The fourth-order valence-electron chi connectivity index (χ4n) is 3.32. The van der Waals surface area contributed by atoms with Crippen molar-refractivity contribution in [3.8, 4) is 17.2 Å². The van der Waals surface area contributed by atoms with Crippen molar-refractivity contribution in [1.82, 2.24) is 5.32 Å². The van der Waals surface area contributed by atoms with Gasteiger partial charge in [-0.25, -0.2) is 0 Å². The molecule has 0 saturated carbocycles. The first-order valence-corrected chi connectivity index (χ1v) is 9.18. The third kappa shape index (κ3) is 4.54. The van der Waals surface area contributed by atoms with Crippen molar-refractivity contribution >= 4 is 5.91 Å². The Morgan fingerprint density at radius 3 is 2.70 bits per heavy atom. The number of fused-ring (bicyclic) bond motifs is 1. The molecule has 1 amide bonds. The maximum atomic E-state index is 12.7. The normalized spacial score (nSPS) is 18.6. The first-order valence-electron chi connectivity index (χ1n) is 9.18. The molecule has 3 rings (SSSR count). The summed E-state index contributed by atoms with van der Waals surface area (Å²) in [7, 11) is 1.62. The molecule has 5 nitrogen and oxygen atoms in total. The summed E-state index contributed by atoms with van der Waals surface area (Å²) < 4.78 is 17.2. The fourth-order valence-corrected chi connectivity index (χ4v) is 3.32. The van der Waals surface area contributed by atoms with E-state index in [-0.39, 0.29) is 11.9 Å². The zero-order valence-corrected chi connectivity index (χ0v) is 16.5. The van der Waals surface area contributed by atoms with Crippen LogP contribution >= 0.6 is 0 Å². The average Bonchev–Trinajstić information content (AvgIpc) is 2.60. The molecule has 2 aromatic carbocycles. The third-order valence-corrected chi connectivity index (χ3v) is 4.67. The van der Waals surface area contributed by atoms with Crippen molar-refractivity contribution in [3.05, 3.63) is 53.6 Å². The van der Waals surface area contributed by atoms with Gasteiger partial charge in [0.05, 0.1) is 13.2 Å². The van der Waals surface area contributed by atoms with Crippen LogP contribution in [-0.4, -0.2) is 24.7 Å². The van der Waals surface area contributed by atoms with Gasteiger partial charge < -0.3 is 19.5 Å². The molecule has 0 saturated heterocycles. The van der Waals surface area contributed by atoms with Crippen molar-refractivity contribution in [3.63, 3.8) is 0 Å². The first-order chi connectivity index (χ1) is 12.8. The molecule has 1 aliphatic heterocycles. The summed E-state index contributed by atoms with van der Waals surface area (Å²) in [4.78, 5) is 12.7. The number of rotatable bonds is 5. The summed E-state index contributed by atoms with van der Waals surface area (Å²) >= 11 is 0. The van der Waals surface area contributed by atoms with Crippen LogP contribution in [0.4, 0.5) is 0 Å². The molecule has 0 aliphatic carbocycles. The van der Waals surface area contributed by atoms with Gasteiger partial charge in [-0.2, -0.15) is 0 Å². The van der Waals surface area contributed by atoms with Crippen LogP contribution in [0.2, 0.25) is 0 Å². The fraction of sp³-hybridized carbons (Fsp3) is 0.409. The Kier molecular flexibility index (Phi) is 5.31. The number of benzene rings is 2. The van der Waals surface area contributed by atoms with Crippen LogP contribution in [0.5, 0.6) is 17.2 Å². The Balaban J connectivity index is 1.75. The second-order valence-electron chi connectivity index (χ2n) is 7.61. The Morgan fingerprint density at radius 1 is 1.22 bits per heavy atom. The minimum atomic E-state index is -0.598. The Bertz CT molecular complexity index is 831. The largest absolute Gasteiger partial charge is 0.497 e. The van der Waals surface area contributed by atoms with Crippen LogP contribution in [0.1, 0.15) is 44.4 Å². The van der Waals surface area contributed by atoms with E-state index in [9.17, 15) is 4.79 Å². The maximum Gasteiger partial charge on any atom is 0.261 e. The lowest BCUT2D eigenvalue weighted by molar-refractivity contribution is -0.128. The van der Waals surface area contributed by atoms with Crippen LogP contribution in [0.15, 0.2) is 42.5 Å². The quantitative estimate of drug-likeness (QED) is 0.859. The van der Waals surface area contributed by atoms with Gasteiger partial charge in [0.15, 0.2) is 6.10 Å². The van der Waals surface area contributed by atoms with Crippen molar-refractivity contribution < 1.29 is 19.0 Å². The van der Waals surface area contributed by atoms with Crippen molar-refractivity contribution in [2.75, 3.05) is 7.11 Å². The van der Waals surface area contributed by atoms with E-state index in [0.29, 0.717) is 12.2 Å². The molecule has 0 aromatic heterocycles. The highest BCUT2D eigenvalue weighted by molar-refractivity contribution is 5.81. The van der Waals surface area contributed by atoms with Crippen LogP contribution in [-0.2, 0) is 4.79 Å². The first kappa shape index (κ1) is 19.1. The molecule has 5 heteroatoms. The zero-order valence-electron chi connectivity index (χ0n) is 16.5. The second-order valence-corrected chi connectivity index (χ2v) is 7.61. The van der Waals surface area contributed by atoms with Crippen LogP contribution in [0.25, 0.3) is 0 Å². The van der Waals surface area contributed by atoms with Crippen molar-refractivity contribution in [2.45, 2.75) is 51.9 Å². The van der Waals surface area contributed by atoms with Gasteiger partial charge in [0.1, 0.15) is 22.8 Å². The molecule has 0 radical (unpaired) electrons. The molecule has 2 atom stereocenters. The van der Waals surface area contributed by atoms with E-state index in [1.165, 1.54) is 0 Å². The number of methoxy groups -OCH3 is 1. The van der Waals surface area contributed by atoms with Gasteiger partial charge in [-0.1, -0.05) is 12.1 Å². The monoisotopic (exact) mass is 369 g/mol. The zero-order chi connectivity index (χ0) is 19.6. The molecule has 0 spiro atoms. The molecular weight excluding hydrogens is 342 g/mol. The van der Waals surface area contributed by atoms with Crippen LogP contribution < -0.4 is 19.5 Å². The highest BCUT2D eigenvalue weighted by atomic mass is 16.5. The number of nitrogens with one attached hydrogen (secondary N) is 1. The van der Waals surface area contributed by atoms with Gasteiger partial charge in [0.25, 0.3) is 5.91 Å². The lowest BCUT2D eigenvalue weighted by Gasteiger charge is -2.38. The summed E-state index contributed by atoms with van der Waals surface area (Å²) in [5.41, 5.74) is 1.65. The summed E-state index contributed by atoms with van der Waals surface area (Å²) in [6, 6.07) is 13.2. The molecule has 0 bridgehead atoms. The number of carbonyl (C=O) groups is 1. The van der Waals surface area contributed by atoms with Gasteiger partial charge >= 0.3 is 0 Å². The smallest absolute Gasteiger partial charge is 0.261 e. The maximum absolute atomic E-state index is 12.7. The van der Waals surface area contributed by atoms with E-state index in [4.69, 9.17) is 14.2 Å². The molecule has 1 aliphatic rings. The summed E-state index contributed by atoms with van der Waals surface area (Å²) in [5, 5.41) is 3.12. The van der Waals surface area contributed by atoms with E-state index in [2.05, 4.69) is 5.32 Å². The highest BCUT2D eigenvalue weighted by Crippen LogP contribution is 2.41. The Morgan fingerprint density at radius 2 is 2.00 bits per heavy atom. The predicted molar refractivity (Wildman–Crippen MR) is 104 cm³/mol. The topological polar surface area (TPSA) is 56.8 Å². The minimum absolute atomic E-state index is 0.147. The molecule has 27 heavy (non-hydrogen) atoms. The molecule has 1 N–H and O–H groups in total. The number of hydrogen-bond donors (Lipinski definition) is 1. The number of carbonyl (C=O) groups excluding carboxylic acids is 1. The third-order valence-electron chi connectivity index (χ3n) is 4.67. The molecular formula is C22H27NO4. The molecule has 144 valence electrons. The van der Waals surface area contributed by atoms with Crippen molar-refractivity contribution in [2.24, 2.45) is 0 Å². The minimum Gasteiger partial charge on any atom is -0.497 e. The number of amides is 1. The summed E-state index contributed by atoms with van der Waals surface area (Å²) in [6.45, 7) is 7.78. The summed E-state index contributed by atoms with van der Waals surface area (Å²) in [6.07, 6.45) is 0.0781. The van der Waals surface area contributed by atoms with E-state index < -0.39 is 11.7 Å². The molecule has 2 aromatic rings. The van der Waals surface area contributed by atoms with Crippen LogP contribution in [0.3, 0.4) is 0 Å². The van der Waals surface area contributed by atoms with Gasteiger partial charge in [-0.3, -0.25) is 4.79 Å². The van der Waals surface area contributed by atoms with E-state index >= 15 is 0 Å². The predicted octanol–water partition coefficient (Wildman–Crippen LogP) is 4.19. The van der Waals surface area contributed by atoms with Crippen LogP contribution in [0, 0.1) is 6.92 Å². The SMILES string of the molecule is COc1ccc2c(c1)OC(C)(C)C[C@H]2NC(=O)[C@H](C)Oc1cccc(C)c1. The summed E-state index contributed by atoms with van der Waals surface area (Å²) in [5.74, 6) is 2.01. The van der Waals surface area contributed by atoms with Gasteiger partial charge in [0.2, 0.25) is 0 Å². The highest BCUT2D eigenvalue weighted by Gasteiger charge is 2.35. The van der Waals surface area contributed by atoms with E-state index in [1.807, 2.05) is 63.2 Å². The Labute approximate surface area is 160 Å². The van der Waals surface area contributed by atoms with E-state index in [1.54, 1.807) is 14.0 Å². The lowest BCUT2D eigenvalue weighted by atomic mass is 9.89. The average molecular weight is 369 g/mol. The lowest BCUT2D eigenvalue weighted by Crippen LogP contribution is -2.44. The van der Waals surface area contributed by atoms with Crippen molar-refractivity contribution in [1.29, 1.82) is 0 Å². The number of hydrogen-bond acceptors (Lipinski definition) is 4. The van der Waals surface area contributed by atoms with E-state index in [0.717, 1.165) is 22.6 Å². The molecule has 1 heterocycles. The second kappa shape index (κ2) is 7.51. The number of aryl methyl sites for hydroxylation is 1. The Hall–Kier alpha value is -2.69. The standard InChI is InChI=1S/C22H27NO4/c1-14-7-6-8-17(11-14)26-15(2)21(24)23-19-13-22(3,4)27-20-12-16(25-5)9-10-18(19)20/h6-12,15,19H,13H2,1-5H3,(H,23,24)/t15-,19+/m0/s1. The number of ether oxygens (including phenoxy) is 3. The van der Waals surface area contributed by atoms with Gasteiger partial charge in [-0.15, -0.1) is 0 Å². The molecule has 0 fully saturated rings. The van der Waals surface area contributed by atoms with Gasteiger partial charge in [0, 0.05) is 18.1 Å². The molecule has 0 unspecified atom stereocenters.